The predicted octanol–water partition coefficient (Wildman–Crippen LogP) is 5.83. The van der Waals surface area contributed by atoms with E-state index in [2.05, 4.69) is 18.6 Å². The Kier molecular flexibility index (Phi) is 7.94. The monoisotopic (exact) mass is 500 g/mol. The van der Waals surface area contributed by atoms with E-state index in [1.807, 2.05) is 47.0 Å². The highest BCUT2D eigenvalue weighted by atomic mass is 19.1. The molecule has 2 aromatic heterocycles. The summed E-state index contributed by atoms with van der Waals surface area (Å²) in [6.07, 6.45) is 1.59. The first kappa shape index (κ1) is 26.0. The second-order valence-electron chi connectivity index (χ2n) is 9.14. The topological polar surface area (TPSA) is 80.9 Å². The van der Waals surface area contributed by atoms with Gasteiger partial charge in [0.05, 0.1) is 30.1 Å². The number of benzene rings is 2. The van der Waals surface area contributed by atoms with E-state index in [0.29, 0.717) is 11.3 Å². The van der Waals surface area contributed by atoms with Crippen molar-refractivity contribution in [2.24, 2.45) is 0 Å². The number of fused-ring (bicyclic) bond motifs is 1. The quantitative estimate of drug-likeness (QED) is 0.231. The lowest BCUT2D eigenvalue weighted by molar-refractivity contribution is -0.143. The Hall–Kier alpha value is -4.10. The van der Waals surface area contributed by atoms with Crippen LogP contribution in [0.4, 0.5) is 4.39 Å². The van der Waals surface area contributed by atoms with Crippen molar-refractivity contribution in [1.82, 2.24) is 9.61 Å². The summed E-state index contributed by atoms with van der Waals surface area (Å²) in [5.74, 6) is -1.32. The predicted molar refractivity (Wildman–Crippen MR) is 141 cm³/mol. The number of ether oxygens (including phenoxy) is 1. The Bertz CT molecular complexity index is 1440. The molecule has 190 valence electrons. The highest BCUT2D eigenvalue weighted by Gasteiger charge is 2.21. The van der Waals surface area contributed by atoms with E-state index in [1.165, 1.54) is 25.3 Å². The SMILES string of the molecule is COC(=O)CC(=O)CC(O)C=Cc1c(-c2ccc(F)cc2)nn2c(-c3ccccc3)ccc2c1C(C)C. The number of rotatable bonds is 9. The van der Waals surface area contributed by atoms with Crippen LogP contribution in [0.2, 0.25) is 0 Å². The molecule has 0 aliphatic heterocycles. The molecule has 0 amide bonds. The lowest BCUT2D eigenvalue weighted by atomic mass is 9.93. The molecule has 37 heavy (non-hydrogen) atoms. The summed E-state index contributed by atoms with van der Waals surface area (Å²) in [7, 11) is 1.21. The number of aliphatic hydroxyl groups is 1. The molecular formula is C30H29FN2O4. The van der Waals surface area contributed by atoms with E-state index < -0.39 is 17.9 Å². The summed E-state index contributed by atoms with van der Waals surface area (Å²) in [4.78, 5) is 23.5. The van der Waals surface area contributed by atoms with E-state index >= 15 is 0 Å². The average Bonchev–Trinajstić information content (AvgIpc) is 3.30. The third-order valence-electron chi connectivity index (χ3n) is 6.13. The molecule has 0 radical (unpaired) electrons. The smallest absolute Gasteiger partial charge is 0.313 e. The molecule has 0 saturated heterocycles. The second kappa shape index (κ2) is 11.3. The standard InChI is InChI=1S/C30H29FN2O4/c1-19(2)29-25(14-13-23(34)17-24(35)18-28(36)37-3)30(21-9-11-22(31)12-10-21)32-33-26(15-16-27(29)33)20-7-5-4-6-8-20/h4-16,19,23,34H,17-18H2,1-3H3. The number of carbonyl (C=O) groups excluding carboxylic acids is 2. The molecule has 4 rings (SSSR count). The van der Waals surface area contributed by atoms with Crippen molar-refractivity contribution in [3.8, 4) is 22.5 Å². The molecule has 2 heterocycles. The maximum absolute atomic E-state index is 13.8. The highest BCUT2D eigenvalue weighted by Crippen LogP contribution is 2.35. The minimum atomic E-state index is -1.10. The van der Waals surface area contributed by atoms with Crippen molar-refractivity contribution in [2.45, 2.75) is 38.7 Å². The maximum atomic E-state index is 13.8. The van der Waals surface area contributed by atoms with E-state index in [-0.39, 0.29) is 24.6 Å². The van der Waals surface area contributed by atoms with Crippen LogP contribution >= 0.6 is 0 Å². The van der Waals surface area contributed by atoms with Crippen LogP contribution in [0.15, 0.2) is 72.8 Å². The van der Waals surface area contributed by atoms with E-state index in [9.17, 15) is 19.1 Å². The normalized spacial score (nSPS) is 12.4. The summed E-state index contributed by atoms with van der Waals surface area (Å²) in [5, 5.41) is 15.5. The fraction of sp³-hybridized carbons (Fsp3) is 0.233. The van der Waals surface area contributed by atoms with Crippen molar-refractivity contribution < 1.29 is 23.8 Å². The molecule has 1 N–H and O–H groups in total. The van der Waals surface area contributed by atoms with Crippen LogP contribution < -0.4 is 0 Å². The second-order valence-corrected chi connectivity index (χ2v) is 9.14. The number of aromatic nitrogens is 2. The zero-order valence-electron chi connectivity index (χ0n) is 21.0. The maximum Gasteiger partial charge on any atom is 0.313 e. The molecule has 7 heteroatoms. The van der Waals surface area contributed by atoms with Gasteiger partial charge in [-0.05, 0) is 47.9 Å². The minimum absolute atomic E-state index is 0.0842. The summed E-state index contributed by atoms with van der Waals surface area (Å²) >= 11 is 0. The molecule has 0 bridgehead atoms. The molecule has 1 unspecified atom stereocenters. The number of hydrogen-bond acceptors (Lipinski definition) is 5. The molecule has 0 aliphatic carbocycles. The van der Waals surface area contributed by atoms with Crippen molar-refractivity contribution in [1.29, 1.82) is 0 Å². The largest absolute Gasteiger partial charge is 0.469 e. The molecule has 0 saturated carbocycles. The van der Waals surface area contributed by atoms with Gasteiger partial charge in [-0.25, -0.2) is 8.91 Å². The summed E-state index contributed by atoms with van der Waals surface area (Å²) in [5.41, 5.74) is 5.95. The Morgan fingerprint density at radius 1 is 1.03 bits per heavy atom. The first-order chi connectivity index (χ1) is 17.8. The molecule has 6 nitrogen and oxygen atoms in total. The molecule has 0 aliphatic rings. The van der Waals surface area contributed by atoms with E-state index in [0.717, 1.165) is 27.9 Å². The zero-order valence-corrected chi connectivity index (χ0v) is 21.0. The number of Topliss-reactive ketones (excluding diaryl/α,β-unsaturated/α-hetero) is 1. The molecule has 1 atom stereocenters. The Morgan fingerprint density at radius 3 is 2.38 bits per heavy atom. The zero-order chi connectivity index (χ0) is 26.5. The molecule has 2 aromatic carbocycles. The van der Waals surface area contributed by atoms with Crippen molar-refractivity contribution in [3.05, 3.63) is 89.8 Å². The number of methoxy groups -OCH3 is 1. The molecule has 0 fully saturated rings. The van der Waals surface area contributed by atoms with Crippen LogP contribution in [0, 0.1) is 5.82 Å². The first-order valence-corrected chi connectivity index (χ1v) is 12.1. The fourth-order valence-electron chi connectivity index (χ4n) is 4.40. The summed E-state index contributed by atoms with van der Waals surface area (Å²) in [6, 6.07) is 20.1. The number of esters is 1. The van der Waals surface area contributed by atoms with Gasteiger partial charge in [0.25, 0.3) is 0 Å². The van der Waals surface area contributed by atoms with Gasteiger partial charge in [0.1, 0.15) is 18.0 Å². The van der Waals surface area contributed by atoms with Gasteiger partial charge in [0.15, 0.2) is 0 Å². The van der Waals surface area contributed by atoms with Gasteiger partial charge in [-0.3, -0.25) is 9.59 Å². The lowest BCUT2D eigenvalue weighted by Gasteiger charge is -2.18. The van der Waals surface area contributed by atoms with Crippen LogP contribution in [0.3, 0.4) is 0 Å². The summed E-state index contributed by atoms with van der Waals surface area (Å²) in [6.45, 7) is 4.15. The van der Waals surface area contributed by atoms with Crippen LogP contribution in [-0.2, 0) is 14.3 Å². The van der Waals surface area contributed by atoms with Crippen LogP contribution in [0.1, 0.15) is 43.7 Å². The Balaban J connectivity index is 1.85. The van der Waals surface area contributed by atoms with Crippen LogP contribution in [0.25, 0.3) is 34.1 Å². The van der Waals surface area contributed by atoms with E-state index in [4.69, 9.17) is 5.10 Å². The van der Waals surface area contributed by atoms with Gasteiger partial charge in [0, 0.05) is 23.1 Å². The minimum Gasteiger partial charge on any atom is -0.469 e. The van der Waals surface area contributed by atoms with Gasteiger partial charge < -0.3 is 9.84 Å². The van der Waals surface area contributed by atoms with Gasteiger partial charge in [-0.2, -0.15) is 5.10 Å². The van der Waals surface area contributed by atoms with Crippen LogP contribution in [0.5, 0.6) is 0 Å². The van der Waals surface area contributed by atoms with E-state index in [1.54, 1.807) is 18.2 Å². The van der Waals surface area contributed by atoms with Crippen molar-refractivity contribution in [3.63, 3.8) is 0 Å². The fourth-order valence-corrected chi connectivity index (χ4v) is 4.40. The summed E-state index contributed by atoms with van der Waals surface area (Å²) < 4.78 is 20.2. The van der Waals surface area contributed by atoms with Gasteiger partial charge in [-0.1, -0.05) is 56.3 Å². The van der Waals surface area contributed by atoms with Crippen molar-refractivity contribution >= 4 is 23.3 Å². The molecule has 0 spiro atoms. The number of halogens is 1. The molecule has 4 aromatic rings. The first-order valence-electron chi connectivity index (χ1n) is 12.1. The van der Waals surface area contributed by atoms with Gasteiger partial charge >= 0.3 is 5.97 Å². The molecular weight excluding hydrogens is 471 g/mol. The van der Waals surface area contributed by atoms with Crippen LogP contribution in [-0.4, -0.2) is 39.7 Å². The number of hydrogen-bond donors (Lipinski definition) is 1. The Morgan fingerprint density at radius 2 is 1.73 bits per heavy atom. The van der Waals surface area contributed by atoms with Gasteiger partial charge in [0.2, 0.25) is 0 Å². The third-order valence-corrected chi connectivity index (χ3v) is 6.13. The average molecular weight is 501 g/mol. The number of nitrogens with zero attached hydrogens (tertiary/aromatic N) is 2. The highest BCUT2D eigenvalue weighted by molar-refractivity contribution is 5.95. The Labute approximate surface area is 215 Å². The third kappa shape index (κ3) is 5.84. The number of aliphatic hydroxyl groups excluding tert-OH is 1. The lowest BCUT2D eigenvalue weighted by Crippen LogP contribution is -2.15. The number of ketones is 1. The van der Waals surface area contributed by atoms with Crippen molar-refractivity contribution in [2.75, 3.05) is 7.11 Å². The number of carbonyl (C=O) groups is 2. The van der Waals surface area contributed by atoms with Gasteiger partial charge in [-0.15, -0.1) is 0 Å².